The molecule has 0 spiro atoms. The number of hydrogen-bond donors (Lipinski definition) is 1. The molecule has 33 heavy (non-hydrogen) atoms. The number of nitrogens with zero attached hydrogens (tertiary/aromatic N) is 3. The summed E-state index contributed by atoms with van der Waals surface area (Å²) in [7, 11) is 1.67. The second-order valence-corrected chi connectivity index (χ2v) is 9.84. The Balaban J connectivity index is 1.88. The number of piperidine rings is 1. The molecule has 1 aromatic rings. The molecule has 1 N–H and O–H groups in total. The highest BCUT2D eigenvalue weighted by molar-refractivity contribution is 6.09. The van der Waals surface area contributed by atoms with Crippen LogP contribution in [0.3, 0.4) is 0 Å². The molecule has 1 saturated heterocycles. The number of amides is 3. The van der Waals surface area contributed by atoms with Gasteiger partial charge in [-0.3, -0.25) is 9.59 Å². The second kappa shape index (κ2) is 10.1. The van der Waals surface area contributed by atoms with Crippen LogP contribution in [0, 0.1) is 0 Å². The molecule has 2 aliphatic heterocycles. The van der Waals surface area contributed by atoms with E-state index in [1.807, 2.05) is 44.7 Å². The van der Waals surface area contributed by atoms with Gasteiger partial charge in [-0.25, -0.2) is 4.79 Å². The minimum Gasteiger partial charge on any atom is -0.465 e. The van der Waals surface area contributed by atoms with Crippen molar-refractivity contribution < 1.29 is 24.2 Å². The number of carbonyl (C=O) groups excluding carboxylic acids is 2. The lowest BCUT2D eigenvalue weighted by Crippen LogP contribution is -2.53. The Hall–Kier alpha value is -2.61. The predicted molar refractivity (Wildman–Crippen MR) is 127 cm³/mol. The molecule has 0 unspecified atom stereocenters. The van der Waals surface area contributed by atoms with Crippen molar-refractivity contribution >= 4 is 23.6 Å². The first kappa shape index (κ1) is 25.0. The first-order valence-electron chi connectivity index (χ1n) is 11.9. The molecule has 1 atom stereocenters. The fourth-order valence-electron chi connectivity index (χ4n) is 5.04. The van der Waals surface area contributed by atoms with Crippen LogP contribution in [-0.4, -0.2) is 78.2 Å². The SMILES string of the molecule is COCCCCN1C(=O)C(C)(C)c2ccc(C(=O)N(C(C)C)[C@@H]3CCCN(C(=O)O)C3)cc21. The van der Waals surface area contributed by atoms with E-state index in [4.69, 9.17) is 4.74 Å². The van der Waals surface area contributed by atoms with Gasteiger partial charge in [0, 0.05) is 50.6 Å². The lowest BCUT2D eigenvalue weighted by Gasteiger charge is -2.40. The van der Waals surface area contributed by atoms with E-state index in [0.29, 0.717) is 31.8 Å². The van der Waals surface area contributed by atoms with Gasteiger partial charge >= 0.3 is 6.09 Å². The molecular formula is C25H37N3O5. The number of hydrogen-bond acceptors (Lipinski definition) is 4. The summed E-state index contributed by atoms with van der Waals surface area (Å²) >= 11 is 0. The Morgan fingerprint density at radius 3 is 2.64 bits per heavy atom. The molecule has 1 fully saturated rings. The molecule has 182 valence electrons. The van der Waals surface area contributed by atoms with Crippen molar-refractivity contribution in [2.24, 2.45) is 0 Å². The molecule has 2 aliphatic rings. The van der Waals surface area contributed by atoms with Gasteiger partial charge in [-0.15, -0.1) is 0 Å². The van der Waals surface area contributed by atoms with E-state index in [0.717, 1.165) is 36.9 Å². The normalized spacial score (nSPS) is 19.7. The van der Waals surface area contributed by atoms with E-state index in [9.17, 15) is 19.5 Å². The number of benzene rings is 1. The van der Waals surface area contributed by atoms with E-state index < -0.39 is 11.5 Å². The fourth-order valence-corrected chi connectivity index (χ4v) is 5.04. The molecule has 3 rings (SSSR count). The number of carbonyl (C=O) groups is 3. The highest BCUT2D eigenvalue weighted by Gasteiger charge is 2.44. The van der Waals surface area contributed by atoms with Crippen LogP contribution in [0.15, 0.2) is 18.2 Å². The standard InChI is InChI=1S/C25H37N3O5/c1-17(2)28(19-9-8-12-26(16-19)24(31)32)22(29)18-10-11-20-21(15-18)27(13-6-7-14-33-5)23(30)25(20,3)4/h10-11,15,17,19H,6-9,12-14,16H2,1-5H3,(H,31,32)/t19-/m1/s1. The average Bonchev–Trinajstić information content (AvgIpc) is 2.96. The highest BCUT2D eigenvalue weighted by Crippen LogP contribution is 2.42. The maximum absolute atomic E-state index is 13.7. The third-order valence-electron chi connectivity index (χ3n) is 6.82. The van der Waals surface area contributed by atoms with Crippen LogP contribution in [0.4, 0.5) is 10.5 Å². The molecular weight excluding hydrogens is 422 g/mol. The first-order valence-corrected chi connectivity index (χ1v) is 11.9. The number of unbranched alkanes of at least 4 members (excludes halogenated alkanes) is 1. The quantitative estimate of drug-likeness (QED) is 0.598. The summed E-state index contributed by atoms with van der Waals surface area (Å²) in [5.41, 5.74) is 1.62. The van der Waals surface area contributed by atoms with E-state index in [-0.39, 0.29) is 23.9 Å². The molecule has 8 nitrogen and oxygen atoms in total. The summed E-state index contributed by atoms with van der Waals surface area (Å²) in [6.45, 7) is 9.82. The van der Waals surface area contributed by atoms with Crippen LogP contribution < -0.4 is 4.90 Å². The molecule has 1 aromatic carbocycles. The minimum absolute atomic E-state index is 0.0459. The van der Waals surface area contributed by atoms with Gasteiger partial charge < -0.3 is 24.5 Å². The molecule has 2 heterocycles. The van der Waals surface area contributed by atoms with E-state index in [2.05, 4.69) is 0 Å². The van der Waals surface area contributed by atoms with E-state index in [1.54, 1.807) is 18.1 Å². The number of ether oxygens (including phenoxy) is 1. The van der Waals surface area contributed by atoms with Gasteiger partial charge in [-0.2, -0.15) is 0 Å². The Morgan fingerprint density at radius 1 is 1.27 bits per heavy atom. The molecule has 0 aliphatic carbocycles. The lowest BCUT2D eigenvalue weighted by molar-refractivity contribution is -0.122. The van der Waals surface area contributed by atoms with Gasteiger partial charge in [0.15, 0.2) is 0 Å². The zero-order chi connectivity index (χ0) is 24.3. The molecule has 0 aromatic heterocycles. The largest absolute Gasteiger partial charge is 0.465 e. The molecule has 0 saturated carbocycles. The van der Waals surface area contributed by atoms with Crippen LogP contribution in [0.2, 0.25) is 0 Å². The molecule has 0 bridgehead atoms. The van der Waals surface area contributed by atoms with Gasteiger partial charge in [-0.05, 0) is 71.1 Å². The first-order chi connectivity index (χ1) is 15.6. The zero-order valence-corrected chi connectivity index (χ0v) is 20.5. The van der Waals surface area contributed by atoms with Crippen LogP contribution in [0.5, 0.6) is 0 Å². The smallest absolute Gasteiger partial charge is 0.407 e. The maximum atomic E-state index is 13.7. The Kier molecular flexibility index (Phi) is 7.67. The second-order valence-electron chi connectivity index (χ2n) is 9.84. The Morgan fingerprint density at radius 2 is 2.00 bits per heavy atom. The van der Waals surface area contributed by atoms with Crippen molar-refractivity contribution in [1.29, 1.82) is 0 Å². The maximum Gasteiger partial charge on any atom is 0.407 e. The summed E-state index contributed by atoms with van der Waals surface area (Å²) in [4.78, 5) is 43.3. The predicted octanol–water partition coefficient (Wildman–Crippen LogP) is 3.73. The highest BCUT2D eigenvalue weighted by atomic mass is 16.5. The van der Waals surface area contributed by atoms with Gasteiger partial charge in [0.2, 0.25) is 5.91 Å². The van der Waals surface area contributed by atoms with Crippen molar-refractivity contribution in [2.75, 3.05) is 38.3 Å². The Bertz CT molecular complexity index is 898. The van der Waals surface area contributed by atoms with Crippen molar-refractivity contribution in [3.05, 3.63) is 29.3 Å². The topological polar surface area (TPSA) is 90.4 Å². The third-order valence-corrected chi connectivity index (χ3v) is 6.82. The van der Waals surface area contributed by atoms with Gasteiger partial charge in [0.05, 0.1) is 11.5 Å². The number of carboxylic acid groups (broad SMARTS) is 1. The number of likely N-dealkylation sites (tertiary alicyclic amines) is 1. The van der Waals surface area contributed by atoms with Crippen molar-refractivity contribution in [2.45, 2.75) is 70.9 Å². The van der Waals surface area contributed by atoms with Crippen molar-refractivity contribution in [1.82, 2.24) is 9.80 Å². The van der Waals surface area contributed by atoms with E-state index >= 15 is 0 Å². The van der Waals surface area contributed by atoms with Gasteiger partial charge in [0.25, 0.3) is 5.91 Å². The monoisotopic (exact) mass is 459 g/mol. The molecule has 8 heteroatoms. The number of rotatable bonds is 8. The zero-order valence-electron chi connectivity index (χ0n) is 20.5. The summed E-state index contributed by atoms with van der Waals surface area (Å²) in [5.74, 6) is -0.0776. The lowest BCUT2D eigenvalue weighted by atomic mass is 9.85. The third kappa shape index (κ3) is 5.00. The number of fused-ring (bicyclic) bond motifs is 1. The van der Waals surface area contributed by atoms with Gasteiger partial charge in [-0.1, -0.05) is 6.07 Å². The summed E-state index contributed by atoms with van der Waals surface area (Å²) in [6, 6.07) is 5.30. The minimum atomic E-state index is -0.946. The van der Waals surface area contributed by atoms with E-state index in [1.165, 1.54) is 4.90 Å². The Labute approximate surface area is 196 Å². The molecule has 0 radical (unpaired) electrons. The van der Waals surface area contributed by atoms with Crippen LogP contribution in [0.25, 0.3) is 0 Å². The average molecular weight is 460 g/mol. The summed E-state index contributed by atoms with van der Waals surface area (Å²) in [5, 5.41) is 9.42. The van der Waals surface area contributed by atoms with Gasteiger partial charge in [0.1, 0.15) is 0 Å². The summed E-state index contributed by atoms with van der Waals surface area (Å²) in [6.07, 6.45) is 2.24. The van der Waals surface area contributed by atoms with Crippen LogP contribution in [-0.2, 0) is 14.9 Å². The van der Waals surface area contributed by atoms with Crippen molar-refractivity contribution in [3.8, 4) is 0 Å². The van der Waals surface area contributed by atoms with Crippen LogP contribution >= 0.6 is 0 Å². The molecule has 3 amide bonds. The number of anilines is 1. The summed E-state index contributed by atoms with van der Waals surface area (Å²) < 4.78 is 5.13. The fraction of sp³-hybridized carbons (Fsp3) is 0.640. The van der Waals surface area contributed by atoms with Crippen LogP contribution in [0.1, 0.15) is 69.3 Å². The van der Waals surface area contributed by atoms with Crippen molar-refractivity contribution in [3.63, 3.8) is 0 Å². The number of methoxy groups -OCH3 is 1.